The van der Waals surface area contributed by atoms with Crippen LogP contribution in [0, 0.1) is 17.8 Å². The average molecular weight is 474 g/mol. The second-order valence-corrected chi connectivity index (χ2v) is 11.9. The van der Waals surface area contributed by atoms with Gasteiger partial charge in [0.25, 0.3) is 0 Å². The molecule has 0 unspecified atom stereocenters. The molecule has 0 bridgehead atoms. The Labute approximate surface area is 207 Å². The van der Waals surface area contributed by atoms with Gasteiger partial charge in [-0.15, -0.1) is 0 Å². The van der Waals surface area contributed by atoms with Gasteiger partial charge in [0.2, 0.25) is 5.90 Å². The summed E-state index contributed by atoms with van der Waals surface area (Å²) in [4.78, 5) is 14.1. The van der Waals surface area contributed by atoms with Crippen LogP contribution in [0.3, 0.4) is 0 Å². The minimum absolute atomic E-state index is 0.00762. The van der Waals surface area contributed by atoms with Crippen molar-refractivity contribution >= 4 is 16.8 Å². The summed E-state index contributed by atoms with van der Waals surface area (Å²) in [6, 6.07) is 11.5. The summed E-state index contributed by atoms with van der Waals surface area (Å²) in [5.74, 6) is 1.36. The van der Waals surface area contributed by atoms with Gasteiger partial charge in [-0.25, -0.2) is 9.98 Å². The topological polar surface area (TPSA) is 76.8 Å². The first-order valence-electron chi connectivity index (χ1n) is 12.4. The number of aromatic nitrogens is 2. The third-order valence-electron chi connectivity index (χ3n) is 8.32. The highest BCUT2D eigenvalue weighted by molar-refractivity contribution is 5.96. The third-order valence-corrected chi connectivity index (χ3v) is 8.32. The Morgan fingerprint density at radius 2 is 1.83 bits per heavy atom. The summed E-state index contributed by atoms with van der Waals surface area (Å²) < 4.78 is 12.9. The standard InChI is InChI=1S/C29H35N3O3/c1-18-14-20-17-30-25(31-23(20)22(33)15-18)34-21-11-8-10-19(16-21)24-32-28(7)27(5,6)12-9-13-29(28,35-24)26(2,3)4/h8,10-11,14-17,33H,9,12-13H2,1-7H3/t28-,29+/m0/s1. The smallest absolute Gasteiger partial charge is 0.322 e. The molecule has 0 amide bonds. The van der Waals surface area contributed by atoms with Crippen LogP contribution in [0.25, 0.3) is 10.9 Å². The van der Waals surface area contributed by atoms with Crippen molar-refractivity contribution in [2.75, 3.05) is 0 Å². The Bertz CT molecular complexity index is 1340. The van der Waals surface area contributed by atoms with Crippen LogP contribution in [0.4, 0.5) is 0 Å². The van der Waals surface area contributed by atoms with Crippen molar-refractivity contribution in [3.8, 4) is 17.5 Å². The number of ether oxygens (including phenoxy) is 2. The van der Waals surface area contributed by atoms with E-state index in [-0.39, 0.29) is 33.7 Å². The van der Waals surface area contributed by atoms with Gasteiger partial charge in [-0.1, -0.05) is 40.7 Å². The van der Waals surface area contributed by atoms with Crippen LogP contribution in [0.5, 0.6) is 17.5 Å². The zero-order valence-corrected chi connectivity index (χ0v) is 21.8. The number of aliphatic imine (C=N–C) groups is 1. The Morgan fingerprint density at radius 1 is 1.06 bits per heavy atom. The number of aryl methyl sites for hydroxylation is 1. The monoisotopic (exact) mass is 473 g/mol. The zero-order chi connectivity index (χ0) is 25.2. The third kappa shape index (κ3) is 3.57. The molecule has 2 heterocycles. The van der Waals surface area contributed by atoms with Gasteiger partial charge in [0.15, 0.2) is 0 Å². The summed E-state index contributed by atoms with van der Waals surface area (Å²) in [6.45, 7) is 15.6. The van der Waals surface area contributed by atoms with Gasteiger partial charge in [-0.05, 0) is 74.4 Å². The predicted octanol–water partition coefficient (Wildman–Crippen LogP) is 6.97. The van der Waals surface area contributed by atoms with E-state index in [4.69, 9.17) is 14.5 Å². The highest BCUT2D eigenvalue weighted by atomic mass is 16.5. The van der Waals surface area contributed by atoms with E-state index in [0.717, 1.165) is 35.8 Å². The van der Waals surface area contributed by atoms with Crippen molar-refractivity contribution < 1.29 is 14.6 Å². The first kappa shape index (κ1) is 23.6. The summed E-state index contributed by atoms with van der Waals surface area (Å²) in [7, 11) is 0. The minimum Gasteiger partial charge on any atom is -0.506 e. The second kappa shape index (κ2) is 7.67. The Kier molecular flexibility index (Phi) is 5.17. The van der Waals surface area contributed by atoms with Crippen molar-refractivity contribution in [1.82, 2.24) is 9.97 Å². The molecule has 1 aromatic heterocycles. The van der Waals surface area contributed by atoms with Gasteiger partial charge in [0.1, 0.15) is 28.2 Å². The van der Waals surface area contributed by atoms with E-state index in [1.165, 1.54) is 0 Å². The minimum atomic E-state index is -0.384. The molecule has 5 rings (SSSR count). The first-order chi connectivity index (χ1) is 16.4. The maximum Gasteiger partial charge on any atom is 0.322 e. The number of phenols is 1. The molecule has 1 aliphatic heterocycles. The highest BCUT2D eigenvalue weighted by Gasteiger charge is 2.68. The largest absolute Gasteiger partial charge is 0.506 e. The fourth-order valence-corrected chi connectivity index (χ4v) is 6.08. The fourth-order valence-electron chi connectivity index (χ4n) is 6.08. The molecule has 0 spiro atoms. The number of benzene rings is 2. The number of rotatable bonds is 3. The number of fused-ring (bicyclic) bond motifs is 2. The van der Waals surface area contributed by atoms with Crippen molar-refractivity contribution in [1.29, 1.82) is 0 Å². The lowest BCUT2D eigenvalue weighted by molar-refractivity contribution is -0.141. The summed E-state index contributed by atoms with van der Waals surface area (Å²) in [5, 5.41) is 11.1. The molecule has 2 aliphatic rings. The lowest BCUT2D eigenvalue weighted by Gasteiger charge is -2.58. The number of phenolic OH excluding ortho intramolecular Hbond substituents is 1. The molecule has 1 aliphatic carbocycles. The normalized spacial score (nSPS) is 25.6. The molecule has 184 valence electrons. The maximum absolute atomic E-state index is 10.3. The SMILES string of the molecule is Cc1cc(O)c2nc(Oc3cccc(C4=N[C@@]5(C)C(C)(C)CCC[C@]5(C(C)(C)C)O4)c3)ncc2c1. The molecule has 0 radical (unpaired) electrons. The number of aromatic hydroxyl groups is 1. The van der Waals surface area contributed by atoms with Crippen LogP contribution in [-0.2, 0) is 4.74 Å². The van der Waals surface area contributed by atoms with Crippen molar-refractivity contribution in [3.05, 3.63) is 53.7 Å². The molecule has 6 heteroatoms. The van der Waals surface area contributed by atoms with Crippen molar-refractivity contribution in [3.63, 3.8) is 0 Å². The van der Waals surface area contributed by atoms with Gasteiger partial charge in [-0.2, -0.15) is 4.98 Å². The van der Waals surface area contributed by atoms with E-state index in [0.29, 0.717) is 17.2 Å². The van der Waals surface area contributed by atoms with E-state index in [1.54, 1.807) is 12.3 Å². The predicted molar refractivity (Wildman–Crippen MR) is 138 cm³/mol. The van der Waals surface area contributed by atoms with Gasteiger partial charge in [-0.3, -0.25) is 0 Å². The molecule has 35 heavy (non-hydrogen) atoms. The first-order valence-corrected chi connectivity index (χ1v) is 12.4. The van der Waals surface area contributed by atoms with Crippen LogP contribution < -0.4 is 4.74 Å². The second-order valence-electron chi connectivity index (χ2n) is 11.9. The average Bonchev–Trinajstić information content (AvgIpc) is 3.10. The molecule has 3 aromatic rings. The van der Waals surface area contributed by atoms with Crippen molar-refractivity contribution in [2.45, 2.75) is 78.9 Å². The van der Waals surface area contributed by atoms with Gasteiger partial charge in [0, 0.05) is 22.6 Å². The summed E-state index contributed by atoms with van der Waals surface area (Å²) >= 11 is 0. The molecule has 2 atom stereocenters. The molecule has 1 saturated carbocycles. The van der Waals surface area contributed by atoms with Gasteiger partial charge in [0.05, 0.1) is 0 Å². The molecular formula is C29H35N3O3. The van der Waals surface area contributed by atoms with Crippen LogP contribution in [0.15, 0.2) is 47.6 Å². The Morgan fingerprint density at radius 3 is 2.54 bits per heavy atom. The van der Waals surface area contributed by atoms with Gasteiger partial charge >= 0.3 is 6.01 Å². The summed E-state index contributed by atoms with van der Waals surface area (Å²) in [5.41, 5.74) is 1.47. The highest BCUT2D eigenvalue weighted by Crippen LogP contribution is 2.62. The Hall–Kier alpha value is -3.15. The van der Waals surface area contributed by atoms with Crippen LogP contribution in [0.2, 0.25) is 0 Å². The number of hydrogen-bond donors (Lipinski definition) is 1. The quantitative estimate of drug-likeness (QED) is 0.445. The molecule has 6 nitrogen and oxygen atoms in total. The van der Waals surface area contributed by atoms with E-state index < -0.39 is 0 Å². The number of hydrogen-bond acceptors (Lipinski definition) is 6. The van der Waals surface area contributed by atoms with Crippen LogP contribution in [0.1, 0.15) is 71.9 Å². The molecular weight excluding hydrogens is 438 g/mol. The van der Waals surface area contributed by atoms with E-state index in [9.17, 15) is 5.11 Å². The molecule has 0 saturated heterocycles. The molecule has 1 N–H and O–H groups in total. The lowest BCUT2D eigenvalue weighted by atomic mass is 9.51. The van der Waals surface area contributed by atoms with Crippen LogP contribution >= 0.6 is 0 Å². The van der Waals surface area contributed by atoms with E-state index in [1.807, 2.05) is 37.3 Å². The maximum atomic E-state index is 10.3. The van der Waals surface area contributed by atoms with Crippen LogP contribution in [-0.4, -0.2) is 32.1 Å². The Balaban J connectivity index is 1.50. The zero-order valence-electron chi connectivity index (χ0n) is 21.8. The summed E-state index contributed by atoms with van der Waals surface area (Å²) in [6.07, 6.45) is 4.89. The van der Waals surface area contributed by atoms with E-state index >= 15 is 0 Å². The number of nitrogens with zero attached hydrogens (tertiary/aromatic N) is 3. The fraction of sp³-hybridized carbons (Fsp3) is 0.483. The molecule has 2 aromatic carbocycles. The van der Waals surface area contributed by atoms with Crippen molar-refractivity contribution in [2.24, 2.45) is 15.8 Å². The molecule has 1 fully saturated rings. The van der Waals surface area contributed by atoms with Gasteiger partial charge < -0.3 is 14.6 Å². The van der Waals surface area contributed by atoms with E-state index in [2.05, 4.69) is 51.5 Å². The lowest BCUT2D eigenvalue weighted by Crippen LogP contribution is -2.65.